The second-order valence-corrected chi connectivity index (χ2v) is 7.52. The zero-order valence-corrected chi connectivity index (χ0v) is 15.4. The van der Waals surface area contributed by atoms with Crippen LogP contribution >= 0.6 is 0 Å². The standard InChI is InChI=1S/C21H23FN2O3/c1-21(9-2-3-11-27-21)20(26)23-10-8-15-12-19(25)24(14-16(15)13-23)18-6-4-17(22)5-7-18/h4-7,12,14H,2-3,8-11,13H2,1H3. The van der Waals surface area contributed by atoms with Crippen molar-refractivity contribution in [2.75, 3.05) is 13.2 Å². The van der Waals surface area contributed by atoms with Crippen molar-refractivity contribution in [1.82, 2.24) is 9.47 Å². The predicted molar refractivity (Wildman–Crippen MR) is 99.3 cm³/mol. The quantitative estimate of drug-likeness (QED) is 0.817. The van der Waals surface area contributed by atoms with Gasteiger partial charge < -0.3 is 9.64 Å². The van der Waals surface area contributed by atoms with Gasteiger partial charge in [0.05, 0.1) is 0 Å². The molecule has 6 heteroatoms. The van der Waals surface area contributed by atoms with Crippen LogP contribution in [0.3, 0.4) is 0 Å². The molecule has 1 fully saturated rings. The maximum Gasteiger partial charge on any atom is 0.255 e. The Kier molecular flexibility index (Phi) is 4.60. The van der Waals surface area contributed by atoms with E-state index in [1.54, 1.807) is 24.4 Å². The molecule has 1 aromatic carbocycles. The summed E-state index contributed by atoms with van der Waals surface area (Å²) in [6.45, 7) is 3.54. The summed E-state index contributed by atoms with van der Waals surface area (Å²) >= 11 is 0. The highest BCUT2D eigenvalue weighted by molar-refractivity contribution is 5.85. The van der Waals surface area contributed by atoms with E-state index in [4.69, 9.17) is 4.74 Å². The lowest BCUT2D eigenvalue weighted by molar-refractivity contribution is -0.162. The fraction of sp³-hybridized carbons (Fsp3) is 0.429. The van der Waals surface area contributed by atoms with Crippen molar-refractivity contribution < 1.29 is 13.9 Å². The first-order chi connectivity index (χ1) is 13.0. The lowest BCUT2D eigenvalue weighted by Crippen LogP contribution is -2.51. The fourth-order valence-corrected chi connectivity index (χ4v) is 3.94. The van der Waals surface area contributed by atoms with E-state index in [-0.39, 0.29) is 17.3 Å². The van der Waals surface area contributed by atoms with E-state index >= 15 is 0 Å². The number of nitrogens with zero attached hydrogens (tertiary/aromatic N) is 2. The molecule has 2 aromatic rings. The smallest absolute Gasteiger partial charge is 0.255 e. The van der Waals surface area contributed by atoms with Crippen molar-refractivity contribution in [2.24, 2.45) is 0 Å². The van der Waals surface area contributed by atoms with Crippen LogP contribution in [0.1, 0.15) is 37.3 Å². The minimum Gasteiger partial charge on any atom is -0.365 e. The van der Waals surface area contributed by atoms with Gasteiger partial charge in [-0.05, 0) is 68.0 Å². The normalized spacial score (nSPS) is 22.4. The largest absolute Gasteiger partial charge is 0.365 e. The number of rotatable bonds is 2. The van der Waals surface area contributed by atoms with Gasteiger partial charge >= 0.3 is 0 Å². The number of benzene rings is 1. The van der Waals surface area contributed by atoms with Gasteiger partial charge in [-0.3, -0.25) is 14.2 Å². The topological polar surface area (TPSA) is 51.5 Å². The summed E-state index contributed by atoms with van der Waals surface area (Å²) in [5.41, 5.74) is 1.62. The Morgan fingerprint density at radius 1 is 1.19 bits per heavy atom. The Labute approximate surface area is 157 Å². The van der Waals surface area contributed by atoms with E-state index in [0.29, 0.717) is 31.8 Å². The van der Waals surface area contributed by atoms with Crippen molar-refractivity contribution in [1.29, 1.82) is 0 Å². The highest BCUT2D eigenvalue weighted by Crippen LogP contribution is 2.29. The minimum atomic E-state index is -0.749. The summed E-state index contributed by atoms with van der Waals surface area (Å²) in [5, 5.41) is 0. The van der Waals surface area contributed by atoms with Gasteiger partial charge in [0.25, 0.3) is 11.5 Å². The lowest BCUT2D eigenvalue weighted by atomic mass is 9.92. The summed E-state index contributed by atoms with van der Waals surface area (Å²) in [7, 11) is 0. The molecule has 2 aliphatic heterocycles. The number of fused-ring (bicyclic) bond motifs is 1. The number of carbonyl (C=O) groups is 1. The molecule has 1 atom stereocenters. The van der Waals surface area contributed by atoms with E-state index in [1.807, 2.05) is 11.8 Å². The van der Waals surface area contributed by atoms with Crippen molar-refractivity contribution in [3.05, 3.63) is 63.8 Å². The molecule has 5 nitrogen and oxygen atoms in total. The number of ether oxygens (including phenoxy) is 1. The first-order valence-electron chi connectivity index (χ1n) is 9.40. The fourth-order valence-electron chi connectivity index (χ4n) is 3.94. The van der Waals surface area contributed by atoms with Crippen LogP contribution in [0, 0.1) is 5.82 Å². The molecule has 1 aromatic heterocycles. The van der Waals surface area contributed by atoms with Crippen LogP contribution in [0.25, 0.3) is 5.69 Å². The molecule has 142 valence electrons. The Bertz CT molecular complexity index is 914. The van der Waals surface area contributed by atoms with Gasteiger partial charge in [0.1, 0.15) is 11.4 Å². The van der Waals surface area contributed by atoms with Gasteiger partial charge in [-0.25, -0.2) is 4.39 Å². The zero-order valence-electron chi connectivity index (χ0n) is 15.4. The van der Waals surface area contributed by atoms with Gasteiger partial charge in [0, 0.05) is 37.6 Å². The summed E-state index contributed by atoms with van der Waals surface area (Å²) in [4.78, 5) is 27.3. The maximum atomic E-state index is 13.2. The van der Waals surface area contributed by atoms with Crippen LogP contribution in [-0.4, -0.2) is 34.1 Å². The van der Waals surface area contributed by atoms with Crippen LogP contribution < -0.4 is 5.56 Å². The molecule has 4 rings (SSSR count). The van der Waals surface area contributed by atoms with Crippen LogP contribution in [-0.2, 0) is 22.5 Å². The van der Waals surface area contributed by atoms with E-state index in [1.165, 1.54) is 16.7 Å². The molecule has 2 aliphatic rings. The third kappa shape index (κ3) is 3.41. The number of aromatic nitrogens is 1. The molecule has 27 heavy (non-hydrogen) atoms. The first-order valence-corrected chi connectivity index (χ1v) is 9.40. The van der Waals surface area contributed by atoms with Crippen molar-refractivity contribution in [3.8, 4) is 5.69 Å². The molecular formula is C21H23FN2O3. The Balaban J connectivity index is 1.62. The zero-order chi connectivity index (χ0) is 19.0. The monoisotopic (exact) mass is 370 g/mol. The summed E-state index contributed by atoms with van der Waals surface area (Å²) in [6, 6.07) is 7.44. The second-order valence-electron chi connectivity index (χ2n) is 7.52. The van der Waals surface area contributed by atoms with Crippen LogP contribution in [0.2, 0.25) is 0 Å². The number of pyridine rings is 1. The van der Waals surface area contributed by atoms with E-state index in [9.17, 15) is 14.0 Å². The maximum absolute atomic E-state index is 13.2. The number of halogens is 1. The summed E-state index contributed by atoms with van der Waals surface area (Å²) in [5.74, 6) is -0.324. The van der Waals surface area contributed by atoms with Crippen molar-refractivity contribution in [2.45, 2.75) is 44.8 Å². The number of amides is 1. The number of hydrogen-bond donors (Lipinski definition) is 0. The van der Waals surface area contributed by atoms with Crippen molar-refractivity contribution in [3.63, 3.8) is 0 Å². The molecule has 1 amide bonds. The highest BCUT2D eigenvalue weighted by atomic mass is 19.1. The Hall–Kier alpha value is -2.47. The molecule has 0 aliphatic carbocycles. The molecule has 0 radical (unpaired) electrons. The summed E-state index contributed by atoms with van der Waals surface area (Å²) in [6.07, 6.45) is 5.15. The SMILES string of the molecule is CC1(C(=O)N2CCc3cc(=O)n(-c4ccc(F)cc4)cc3C2)CCCCO1. The second kappa shape index (κ2) is 6.93. The Morgan fingerprint density at radius 3 is 2.67 bits per heavy atom. The third-order valence-electron chi connectivity index (χ3n) is 5.56. The lowest BCUT2D eigenvalue weighted by Gasteiger charge is -2.39. The van der Waals surface area contributed by atoms with E-state index < -0.39 is 5.60 Å². The van der Waals surface area contributed by atoms with Crippen LogP contribution in [0.15, 0.2) is 41.3 Å². The third-order valence-corrected chi connectivity index (χ3v) is 5.56. The molecule has 0 saturated carbocycles. The molecule has 3 heterocycles. The number of hydrogen-bond acceptors (Lipinski definition) is 3. The van der Waals surface area contributed by atoms with Gasteiger partial charge in [-0.15, -0.1) is 0 Å². The van der Waals surface area contributed by atoms with Crippen LogP contribution in [0.4, 0.5) is 4.39 Å². The minimum absolute atomic E-state index is 0.0207. The molecular weight excluding hydrogens is 347 g/mol. The summed E-state index contributed by atoms with van der Waals surface area (Å²) < 4.78 is 20.5. The predicted octanol–water partition coefficient (Wildman–Crippen LogP) is 2.82. The first kappa shape index (κ1) is 17.9. The van der Waals surface area contributed by atoms with E-state index in [0.717, 1.165) is 30.4 Å². The average molecular weight is 370 g/mol. The molecule has 0 bridgehead atoms. The van der Waals surface area contributed by atoms with Gasteiger partial charge in [-0.1, -0.05) is 0 Å². The van der Waals surface area contributed by atoms with E-state index in [2.05, 4.69) is 0 Å². The molecule has 1 saturated heterocycles. The van der Waals surface area contributed by atoms with Crippen molar-refractivity contribution >= 4 is 5.91 Å². The van der Waals surface area contributed by atoms with Gasteiger partial charge in [0.15, 0.2) is 0 Å². The number of carbonyl (C=O) groups excluding carboxylic acids is 1. The molecule has 1 unspecified atom stereocenters. The highest BCUT2D eigenvalue weighted by Gasteiger charge is 2.40. The average Bonchev–Trinajstić information content (AvgIpc) is 2.68. The Morgan fingerprint density at radius 2 is 1.96 bits per heavy atom. The molecule has 0 N–H and O–H groups in total. The van der Waals surface area contributed by atoms with Gasteiger partial charge in [-0.2, -0.15) is 0 Å². The van der Waals surface area contributed by atoms with Crippen LogP contribution in [0.5, 0.6) is 0 Å². The molecule has 0 spiro atoms. The van der Waals surface area contributed by atoms with Gasteiger partial charge in [0.2, 0.25) is 0 Å².